The van der Waals surface area contributed by atoms with Crippen molar-refractivity contribution >= 4 is 45.9 Å². The predicted octanol–water partition coefficient (Wildman–Crippen LogP) is 6.58. The van der Waals surface area contributed by atoms with Crippen molar-refractivity contribution < 1.29 is 19.1 Å². The van der Waals surface area contributed by atoms with Gasteiger partial charge in [-0.1, -0.05) is 72.4 Å². The number of hydrogen-bond donors (Lipinski definition) is 2. The molecule has 2 spiro atoms. The van der Waals surface area contributed by atoms with Gasteiger partial charge in [0.15, 0.2) is 5.78 Å². The van der Waals surface area contributed by atoms with Gasteiger partial charge in [0.2, 0.25) is 5.12 Å². The maximum atomic E-state index is 15.8. The number of carbonyl (C=O) groups excluding carboxylic acids is 2. The maximum Gasteiger partial charge on any atom is 0.206 e. The third-order valence-corrected chi connectivity index (χ3v) is 10.8. The van der Waals surface area contributed by atoms with E-state index in [4.69, 9.17) is 23.2 Å². The monoisotopic (exact) mass is 561 g/mol. The third kappa shape index (κ3) is 3.85. The van der Waals surface area contributed by atoms with E-state index in [1.807, 2.05) is 12.1 Å². The van der Waals surface area contributed by atoms with Crippen molar-refractivity contribution in [1.29, 1.82) is 0 Å². The highest BCUT2D eigenvalue weighted by Gasteiger charge is 2.72. The van der Waals surface area contributed by atoms with Gasteiger partial charge in [0.1, 0.15) is 5.82 Å². The normalized spacial score (nSPS) is 34.1. The van der Waals surface area contributed by atoms with Crippen molar-refractivity contribution in [1.82, 2.24) is 5.32 Å². The summed E-state index contributed by atoms with van der Waals surface area (Å²) in [5.41, 5.74) is -1.42. The minimum Gasteiger partial charge on any atom is -0.390 e. The Kier molecular flexibility index (Phi) is 6.32. The number of thioether (sulfide) groups is 1. The molecular weight excluding hydrogens is 532 g/mol. The Morgan fingerprint density at radius 1 is 1.16 bits per heavy atom. The van der Waals surface area contributed by atoms with Gasteiger partial charge < -0.3 is 5.11 Å². The lowest BCUT2D eigenvalue weighted by molar-refractivity contribution is -0.126. The van der Waals surface area contributed by atoms with Crippen molar-refractivity contribution in [2.45, 2.75) is 91.7 Å². The first kappa shape index (κ1) is 25.8. The van der Waals surface area contributed by atoms with Crippen molar-refractivity contribution in [3.63, 3.8) is 0 Å². The summed E-state index contributed by atoms with van der Waals surface area (Å²) in [6.45, 7) is 1.79. The number of rotatable bonds is 4. The van der Waals surface area contributed by atoms with Crippen LogP contribution in [-0.2, 0) is 15.0 Å². The molecule has 0 radical (unpaired) electrons. The molecular formula is C29H30Cl2FNO3S. The molecule has 37 heavy (non-hydrogen) atoms. The highest BCUT2D eigenvalue weighted by Crippen LogP contribution is 2.65. The van der Waals surface area contributed by atoms with Crippen molar-refractivity contribution in [2.24, 2.45) is 5.92 Å². The SMILES string of the molecule is CC1(O)CC(CC(=O)[C@@H]2NC3(CCCCC3)[C@@]3(C(=O)Sc4cc(Cl)ccc43)[C@H]2c2cccc(Cl)c2F)C1. The second-order valence-electron chi connectivity index (χ2n) is 11.7. The molecule has 2 heterocycles. The molecule has 0 bridgehead atoms. The molecule has 0 unspecified atom stereocenters. The fraction of sp³-hybridized carbons (Fsp3) is 0.517. The summed E-state index contributed by atoms with van der Waals surface area (Å²) in [6, 6.07) is 9.62. The number of benzene rings is 2. The predicted molar refractivity (Wildman–Crippen MR) is 144 cm³/mol. The molecule has 2 aliphatic carbocycles. The minimum atomic E-state index is -1.13. The number of halogens is 3. The summed E-state index contributed by atoms with van der Waals surface area (Å²) in [5.74, 6) is -1.28. The van der Waals surface area contributed by atoms with Crippen LogP contribution < -0.4 is 5.32 Å². The summed E-state index contributed by atoms with van der Waals surface area (Å²) in [5, 5.41) is 14.4. The molecule has 4 aliphatic rings. The number of aliphatic hydroxyl groups is 1. The van der Waals surface area contributed by atoms with Gasteiger partial charge in [0.25, 0.3) is 0 Å². The van der Waals surface area contributed by atoms with Crippen LogP contribution >= 0.6 is 35.0 Å². The van der Waals surface area contributed by atoms with E-state index in [1.165, 1.54) is 6.07 Å². The summed E-state index contributed by atoms with van der Waals surface area (Å²) in [6.07, 6.45) is 5.76. The van der Waals surface area contributed by atoms with E-state index in [9.17, 15) is 14.7 Å². The number of fused-ring (bicyclic) bond motifs is 3. The second kappa shape index (κ2) is 9.06. The Morgan fingerprint density at radius 3 is 2.59 bits per heavy atom. The highest BCUT2D eigenvalue weighted by atomic mass is 35.5. The standard InChI is InChI=1S/C29H30Cl2FNO3S/c1-27(36)14-16(15-27)12-21(34)25-23(18-6-5-7-20(31)24(18)32)29(28(33-25)10-3-2-4-11-28)19-9-8-17(30)13-22(19)37-26(29)35/h5-9,13,16,23,25,33,36H,2-4,10-12,14-15H2,1H3/t16?,23-,25-,27?,29+/m0/s1. The minimum absolute atomic E-state index is 0.0205. The highest BCUT2D eigenvalue weighted by molar-refractivity contribution is 8.14. The van der Waals surface area contributed by atoms with Gasteiger partial charge in [0, 0.05) is 27.8 Å². The molecule has 2 aromatic rings. The molecule has 3 fully saturated rings. The Bertz CT molecular complexity index is 1290. The van der Waals surface area contributed by atoms with Gasteiger partial charge in [-0.2, -0.15) is 0 Å². The van der Waals surface area contributed by atoms with Crippen LogP contribution in [0.5, 0.6) is 0 Å². The van der Waals surface area contributed by atoms with Crippen LogP contribution in [0, 0.1) is 11.7 Å². The van der Waals surface area contributed by atoms with Gasteiger partial charge in [-0.25, -0.2) is 4.39 Å². The van der Waals surface area contributed by atoms with Crippen LogP contribution in [-0.4, -0.2) is 33.2 Å². The van der Waals surface area contributed by atoms with E-state index < -0.39 is 34.3 Å². The van der Waals surface area contributed by atoms with E-state index in [1.54, 1.807) is 25.1 Å². The largest absolute Gasteiger partial charge is 0.390 e. The molecule has 8 heteroatoms. The summed E-state index contributed by atoms with van der Waals surface area (Å²) < 4.78 is 15.8. The van der Waals surface area contributed by atoms with Gasteiger partial charge in [-0.3, -0.25) is 14.9 Å². The zero-order chi connectivity index (χ0) is 26.2. The van der Waals surface area contributed by atoms with Crippen LogP contribution in [0.15, 0.2) is 41.3 Å². The number of hydrogen-bond acceptors (Lipinski definition) is 5. The summed E-state index contributed by atoms with van der Waals surface area (Å²) in [4.78, 5) is 29.2. The van der Waals surface area contributed by atoms with Crippen molar-refractivity contribution in [3.05, 3.63) is 63.4 Å². The molecule has 196 valence electrons. The lowest BCUT2D eigenvalue weighted by Gasteiger charge is -2.47. The van der Waals surface area contributed by atoms with E-state index >= 15 is 4.39 Å². The molecule has 2 N–H and O–H groups in total. The van der Waals surface area contributed by atoms with E-state index in [0.29, 0.717) is 23.4 Å². The van der Waals surface area contributed by atoms with Crippen LogP contribution in [0.3, 0.4) is 0 Å². The van der Waals surface area contributed by atoms with Gasteiger partial charge >= 0.3 is 0 Å². The molecule has 6 rings (SSSR count). The molecule has 1 saturated heterocycles. The average Bonchev–Trinajstić information content (AvgIpc) is 3.28. The topological polar surface area (TPSA) is 66.4 Å². The molecule has 0 amide bonds. The Morgan fingerprint density at radius 2 is 1.89 bits per heavy atom. The summed E-state index contributed by atoms with van der Waals surface area (Å²) >= 11 is 13.8. The van der Waals surface area contributed by atoms with E-state index in [0.717, 1.165) is 54.3 Å². The van der Waals surface area contributed by atoms with E-state index in [2.05, 4.69) is 5.32 Å². The Balaban J connectivity index is 1.55. The molecule has 2 aliphatic heterocycles. The maximum absolute atomic E-state index is 15.8. The number of nitrogens with one attached hydrogen (secondary N) is 1. The average molecular weight is 563 g/mol. The Labute approximate surface area is 230 Å². The fourth-order valence-electron chi connectivity index (χ4n) is 7.86. The molecule has 2 aromatic carbocycles. The lowest BCUT2D eigenvalue weighted by atomic mass is 9.55. The van der Waals surface area contributed by atoms with Crippen LogP contribution in [0.4, 0.5) is 4.39 Å². The Hall–Kier alpha value is -1.44. The first-order valence-corrected chi connectivity index (χ1v) is 14.6. The summed E-state index contributed by atoms with van der Waals surface area (Å²) in [7, 11) is 0. The van der Waals surface area contributed by atoms with Crippen LogP contribution in [0.1, 0.15) is 75.3 Å². The molecule has 2 saturated carbocycles. The number of Topliss-reactive ketones (excluding diaryl/α,β-unsaturated/α-hetero) is 1. The third-order valence-electron chi connectivity index (χ3n) is 9.20. The van der Waals surface area contributed by atoms with Crippen LogP contribution in [0.2, 0.25) is 10.0 Å². The first-order valence-electron chi connectivity index (χ1n) is 13.1. The van der Waals surface area contributed by atoms with Gasteiger partial charge in [-0.15, -0.1) is 0 Å². The second-order valence-corrected chi connectivity index (χ2v) is 13.5. The fourth-order valence-corrected chi connectivity index (χ4v) is 9.60. The van der Waals surface area contributed by atoms with Gasteiger partial charge in [-0.05, 0) is 67.9 Å². The quantitative estimate of drug-likeness (QED) is 0.441. The zero-order valence-corrected chi connectivity index (χ0v) is 23.0. The van der Waals surface area contributed by atoms with Gasteiger partial charge in [0.05, 0.1) is 22.1 Å². The smallest absolute Gasteiger partial charge is 0.206 e. The molecule has 0 aromatic heterocycles. The first-order chi connectivity index (χ1) is 17.6. The zero-order valence-electron chi connectivity index (χ0n) is 20.7. The van der Waals surface area contributed by atoms with E-state index in [-0.39, 0.29) is 28.3 Å². The number of ketones is 1. The number of carbonyl (C=O) groups is 2. The lowest BCUT2D eigenvalue weighted by Crippen LogP contribution is -2.59. The molecule has 4 nitrogen and oxygen atoms in total. The van der Waals surface area contributed by atoms with Crippen LogP contribution in [0.25, 0.3) is 0 Å². The molecule has 3 atom stereocenters. The van der Waals surface area contributed by atoms with Crippen molar-refractivity contribution in [2.75, 3.05) is 0 Å². The van der Waals surface area contributed by atoms with Crippen molar-refractivity contribution in [3.8, 4) is 0 Å².